The summed E-state index contributed by atoms with van der Waals surface area (Å²) >= 11 is 0. The van der Waals surface area contributed by atoms with Gasteiger partial charge < -0.3 is 37.3 Å². The highest BCUT2D eigenvalue weighted by atomic mass is 28.4. The highest BCUT2D eigenvalue weighted by molar-refractivity contribution is 6.74. The van der Waals surface area contributed by atoms with Crippen LogP contribution in [0.4, 0.5) is 0 Å². The second kappa shape index (κ2) is 22.1. The average Bonchev–Trinajstić information content (AvgIpc) is 3.52. The second-order valence-electron chi connectivity index (χ2n) is 18.3. The number of carbonyl (C=O) groups excluding carboxylic acids is 2. The van der Waals surface area contributed by atoms with Crippen molar-refractivity contribution in [1.29, 1.82) is 0 Å². The first-order chi connectivity index (χ1) is 29.2. The van der Waals surface area contributed by atoms with Gasteiger partial charge in [0.25, 0.3) is 0 Å². The van der Waals surface area contributed by atoms with Gasteiger partial charge in [-0.2, -0.15) is 0 Å². The summed E-state index contributed by atoms with van der Waals surface area (Å²) in [6, 6.07) is 0. The van der Waals surface area contributed by atoms with Crippen LogP contribution in [0.15, 0.2) is 113 Å². The van der Waals surface area contributed by atoms with E-state index in [0.717, 1.165) is 0 Å². The molecule has 0 aromatic carbocycles. The van der Waals surface area contributed by atoms with Gasteiger partial charge in [-0.25, -0.2) is 19.6 Å². The van der Waals surface area contributed by atoms with Crippen LogP contribution >= 0.6 is 0 Å². The molecule has 0 radical (unpaired) electrons. The summed E-state index contributed by atoms with van der Waals surface area (Å²) in [7, 11) is -0.645. The standard InChI is InChI=1S/C49H68N2O10Si/c1-13-23-39(52)48(6,7)40-29-22-27-38-37(58-38)26-20-21-30-43-50-35(32-56-43)45(53)60-41(49(8,9)42(24-14-2)61-62(11,12)47(3,4)5)28-19-17-15-16-18-25-34(55-10)31-44-51-36(33-57-44)46(54)59-40/h13-27,30,32-34,37-42,52H,28-29,31H2,1-12H3/b16-15-,19-17-,23-13+,24-14+,25-18+,26-20+,27-22-,30-21-/t34-,37-,38+,39-,40-,41-,42-/m0/s1. The number of methoxy groups -OCH3 is 1. The quantitative estimate of drug-likeness (QED) is 0.110. The molecule has 1 saturated heterocycles. The lowest BCUT2D eigenvalue weighted by Gasteiger charge is -2.45. The molecule has 0 amide bonds. The number of aliphatic hydroxyl groups excluding tert-OH is 1. The zero-order valence-corrected chi connectivity index (χ0v) is 39.6. The smallest absolute Gasteiger partial charge is 0.360 e. The van der Waals surface area contributed by atoms with Gasteiger partial charge in [-0.1, -0.05) is 140 Å². The van der Waals surface area contributed by atoms with Gasteiger partial charge in [-0.05, 0) is 32.0 Å². The van der Waals surface area contributed by atoms with Crippen molar-refractivity contribution >= 4 is 26.3 Å². The van der Waals surface area contributed by atoms with Gasteiger partial charge in [0.05, 0.1) is 24.7 Å². The summed E-state index contributed by atoms with van der Waals surface area (Å²) in [5.41, 5.74) is -1.40. The maximum absolute atomic E-state index is 13.7. The number of nitrogens with zero attached hydrogens (tertiary/aromatic N) is 2. The number of rotatable bonds is 9. The van der Waals surface area contributed by atoms with E-state index in [-0.39, 0.29) is 47.0 Å². The van der Waals surface area contributed by atoms with Gasteiger partial charge in [0.15, 0.2) is 25.6 Å². The fourth-order valence-corrected chi connectivity index (χ4v) is 7.72. The van der Waals surface area contributed by atoms with Gasteiger partial charge in [0.2, 0.25) is 5.89 Å². The number of esters is 2. The Morgan fingerprint density at radius 3 is 2.02 bits per heavy atom. The third-order valence-corrected chi connectivity index (χ3v) is 16.3. The zero-order valence-electron chi connectivity index (χ0n) is 38.6. The first kappa shape index (κ1) is 50.0. The third-order valence-electron chi connectivity index (χ3n) is 11.8. The third kappa shape index (κ3) is 13.9. The molecule has 0 unspecified atom stereocenters. The maximum Gasteiger partial charge on any atom is 0.360 e. The summed E-state index contributed by atoms with van der Waals surface area (Å²) in [6.45, 7) is 22.7. The number of oxazole rings is 2. The number of allylic oxidation sites excluding steroid dienone is 8. The highest BCUT2D eigenvalue weighted by Crippen LogP contribution is 2.42. The van der Waals surface area contributed by atoms with E-state index >= 15 is 0 Å². The van der Waals surface area contributed by atoms with E-state index in [2.05, 4.69) is 63.8 Å². The molecule has 1 fully saturated rings. The van der Waals surface area contributed by atoms with Crippen molar-refractivity contribution in [1.82, 2.24) is 9.97 Å². The molecular weight excluding hydrogens is 805 g/mol. The van der Waals surface area contributed by atoms with E-state index < -0.39 is 55.5 Å². The zero-order chi connectivity index (χ0) is 45.7. The van der Waals surface area contributed by atoms with Crippen molar-refractivity contribution in [3.8, 4) is 0 Å². The molecule has 4 bridgehead atoms. The average molecular weight is 873 g/mol. The van der Waals surface area contributed by atoms with Crippen molar-refractivity contribution in [2.24, 2.45) is 10.8 Å². The molecule has 4 rings (SSSR count). The van der Waals surface area contributed by atoms with E-state index in [1.54, 1.807) is 31.4 Å². The first-order valence-corrected chi connectivity index (χ1v) is 24.3. The van der Waals surface area contributed by atoms with Crippen LogP contribution in [-0.4, -0.2) is 85.2 Å². The number of cyclic esters (lactones) is 2. The Kier molecular flexibility index (Phi) is 17.8. The van der Waals surface area contributed by atoms with Crippen LogP contribution in [0.2, 0.25) is 18.1 Å². The van der Waals surface area contributed by atoms with Crippen LogP contribution in [0.1, 0.15) is 108 Å². The van der Waals surface area contributed by atoms with Crippen LogP contribution in [-0.2, 0) is 29.8 Å². The topological polar surface area (TPSA) is 156 Å². The second-order valence-corrected chi connectivity index (χ2v) is 23.1. The van der Waals surface area contributed by atoms with Crippen LogP contribution in [0, 0.1) is 10.8 Å². The first-order valence-electron chi connectivity index (χ1n) is 21.4. The van der Waals surface area contributed by atoms with Gasteiger partial charge in [0, 0.05) is 36.9 Å². The number of hydrogen-bond donors (Lipinski definition) is 1. The van der Waals surface area contributed by atoms with Gasteiger partial charge in [0.1, 0.15) is 36.9 Å². The van der Waals surface area contributed by atoms with E-state index in [1.165, 1.54) is 12.5 Å². The lowest BCUT2D eigenvalue weighted by molar-refractivity contribution is -0.0457. The van der Waals surface area contributed by atoms with E-state index in [9.17, 15) is 14.7 Å². The number of carbonyl (C=O) groups is 2. The minimum absolute atomic E-state index is 0.0225. The summed E-state index contributed by atoms with van der Waals surface area (Å²) in [6.07, 6.45) is 30.0. The molecule has 0 saturated carbocycles. The molecule has 4 heterocycles. The van der Waals surface area contributed by atoms with E-state index in [1.807, 2.05) is 94.5 Å². The molecule has 62 heavy (non-hydrogen) atoms. The SMILES string of the molecule is C/C=C/[C@H](O[Si](C)(C)C(C)(C)C)C(C)(C)[C@@H]1C\C=C/C=C\C=C\[C@H](OC)Cc2nc(co2)C(=O)O[C@H](C(C)(C)[C@@H](O)/C=C/C)C/C=C\[C@H]2O[C@H]2/C=C/C=C\c2nc(co2)C(=O)O1. The predicted octanol–water partition coefficient (Wildman–Crippen LogP) is 10.3. The Morgan fingerprint density at radius 1 is 0.758 bits per heavy atom. The van der Waals surface area contributed by atoms with Crippen LogP contribution < -0.4 is 0 Å². The molecule has 12 nitrogen and oxygen atoms in total. The number of fused-ring (bicyclic) bond motifs is 5. The molecule has 2 aromatic heterocycles. The summed E-state index contributed by atoms with van der Waals surface area (Å²) in [4.78, 5) is 35.9. The number of epoxide rings is 1. The van der Waals surface area contributed by atoms with Crippen LogP contribution in [0.25, 0.3) is 6.08 Å². The van der Waals surface area contributed by atoms with Gasteiger partial charge in [-0.15, -0.1) is 0 Å². The fraction of sp³-hybridized carbons (Fsp3) is 0.510. The van der Waals surface area contributed by atoms with E-state index in [0.29, 0.717) is 18.7 Å². The van der Waals surface area contributed by atoms with Gasteiger partial charge >= 0.3 is 11.9 Å². The van der Waals surface area contributed by atoms with Crippen molar-refractivity contribution in [2.75, 3.05) is 7.11 Å². The lowest BCUT2D eigenvalue weighted by Crippen LogP contribution is -2.51. The number of hydrogen-bond acceptors (Lipinski definition) is 12. The summed E-state index contributed by atoms with van der Waals surface area (Å²) < 4.78 is 42.0. The number of aliphatic hydroxyl groups is 1. The van der Waals surface area contributed by atoms with Crippen molar-refractivity contribution in [3.05, 3.63) is 127 Å². The predicted molar refractivity (Wildman–Crippen MR) is 244 cm³/mol. The molecule has 0 spiro atoms. The molecule has 2 aliphatic heterocycles. The molecule has 13 heteroatoms. The normalized spacial score (nSPS) is 27.0. The lowest BCUT2D eigenvalue weighted by atomic mass is 9.79. The fourth-order valence-electron chi connectivity index (χ4n) is 6.35. The molecule has 2 aliphatic rings. The highest BCUT2D eigenvalue weighted by Gasteiger charge is 2.46. The minimum Gasteiger partial charge on any atom is -0.457 e. The number of aromatic nitrogens is 2. The molecule has 0 aliphatic carbocycles. The van der Waals surface area contributed by atoms with Crippen molar-refractivity contribution in [2.45, 2.75) is 142 Å². The van der Waals surface area contributed by atoms with Crippen molar-refractivity contribution in [3.63, 3.8) is 0 Å². The molecule has 7 atom stereocenters. The Bertz CT molecular complexity index is 2020. The van der Waals surface area contributed by atoms with Crippen LogP contribution in [0.3, 0.4) is 0 Å². The minimum atomic E-state index is -2.23. The Hall–Kier alpha value is -4.66. The Morgan fingerprint density at radius 2 is 1.35 bits per heavy atom. The maximum atomic E-state index is 13.7. The summed E-state index contributed by atoms with van der Waals surface area (Å²) in [5.74, 6) is -0.702. The largest absolute Gasteiger partial charge is 0.457 e. The van der Waals surface area contributed by atoms with Crippen molar-refractivity contribution < 1.29 is 46.9 Å². The monoisotopic (exact) mass is 872 g/mol. The molecule has 1 N–H and O–H groups in total. The Labute approximate surface area is 369 Å². The molecule has 2 aromatic rings. The number of ether oxygens (including phenoxy) is 4. The Balaban J connectivity index is 1.63. The van der Waals surface area contributed by atoms with Crippen LogP contribution in [0.5, 0.6) is 0 Å². The van der Waals surface area contributed by atoms with E-state index in [4.69, 9.17) is 32.2 Å². The van der Waals surface area contributed by atoms with Gasteiger partial charge in [-0.3, -0.25) is 0 Å². The molecular formula is C49H68N2O10Si. The molecule has 338 valence electrons. The summed E-state index contributed by atoms with van der Waals surface area (Å²) in [5, 5.41) is 10.9.